The smallest absolute Gasteiger partial charge is 0.200 e. The molecule has 1 aromatic heterocycles. The Hall–Kier alpha value is -1.07. The van der Waals surface area contributed by atoms with Crippen LogP contribution in [0.3, 0.4) is 0 Å². The zero-order valence-corrected chi connectivity index (χ0v) is 8.01. The van der Waals surface area contributed by atoms with Crippen molar-refractivity contribution < 1.29 is 5.11 Å². The second kappa shape index (κ2) is 4.25. The number of aliphatic hydroxyl groups excluding tert-OH is 1. The molecule has 3 N–H and O–H groups in total. The molecule has 0 aliphatic rings. The van der Waals surface area contributed by atoms with Gasteiger partial charge in [-0.15, -0.1) is 0 Å². The fraction of sp³-hybridized carbons (Fsp3) is 0.625. The Morgan fingerprint density at radius 2 is 2.38 bits per heavy atom. The molecule has 0 amide bonds. The Bertz CT molecular complexity index is 258. The van der Waals surface area contributed by atoms with Gasteiger partial charge < -0.3 is 20.3 Å². The number of nitrogens with zero attached hydrogens (tertiary/aromatic N) is 3. The molecule has 0 bridgehead atoms. The summed E-state index contributed by atoms with van der Waals surface area (Å²) in [6, 6.07) is 0. The molecule has 0 spiro atoms. The summed E-state index contributed by atoms with van der Waals surface area (Å²) < 4.78 is 1.73. The van der Waals surface area contributed by atoms with E-state index in [1.54, 1.807) is 17.0 Å². The number of hydrogen-bond acceptors (Lipinski definition) is 4. The van der Waals surface area contributed by atoms with E-state index in [9.17, 15) is 5.11 Å². The Morgan fingerprint density at radius 3 is 2.85 bits per heavy atom. The number of nitrogens with two attached hydrogens (primary N) is 1. The Kier molecular flexibility index (Phi) is 3.27. The molecule has 74 valence electrons. The van der Waals surface area contributed by atoms with Crippen LogP contribution in [0.2, 0.25) is 0 Å². The fourth-order valence-electron chi connectivity index (χ4n) is 1.20. The van der Waals surface area contributed by atoms with E-state index < -0.39 is 6.10 Å². The first kappa shape index (κ1) is 10.0. The van der Waals surface area contributed by atoms with E-state index in [0.717, 1.165) is 0 Å². The summed E-state index contributed by atoms with van der Waals surface area (Å²) in [5.74, 6) is 0.442. The molecule has 0 aliphatic carbocycles. The second-order valence-corrected chi connectivity index (χ2v) is 3.35. The lowest BCUT2D eigenvalue weighted by Gasteiger charge is -2.16. The van der Waals surface area contributed by atoms with Gasteiger partial charge in [-0.05, 0) is 14.1 Å². The van der Waals surface area contributed by atoms with Gasteiger partial charge in [-0.25, -0.2) is 4.98 Å². The van der Waals surface area contributed by atoms with Gasteiger partial charge in [0, 0.05) is 18.9 Å². The van der Waals surface area contributed by atoms with Crippen molar-refractivity contribution in [2.45, 2.75) is 12.6 Å². The van der Waals surface area contributed by atoms with Crippen molar-refractivity contribution in [1.29, 1.82) is 0 Å². The monoisotopic (exact) mass is 184 g/mol. The lowest BCUT2D eigenvalue weighted by Crippen LogP contribution is -2.29. The number of anilines is 1. The van der Waals surface area contributed by atoms with Crippen LogP contribution in [0, 0.1) is 0 Å². The van der Waals surface area contributed by atoms with Crippen molar-refractivity contribution in [1.82, 2.24) is 14.5 Å². The first-order valence-electron chi connectivity index (χ1n) is 4.19. The number of rotatable bonds is 4. The molecular formula is C8H16N4O. The van der Waals surface area contributed by atoms with Crippen LogP contribution >= 0.6 is 0 Å². The minimum Gasteiger partial charge on any atom is -0.390 e. The maximum Gasteiger partial charge on any atom is 0.200 e. The predicted molar refractivity (Wildman–Crippen MR) is 51.2 cm³/mol. The SMILES string of the molecule is CN(C)CC(O)Cn1ccnc1N. The molecule has 1 aromatic rings. The Morgan fingerprint density at radius 1 is 1.69 bits per heavy atom. The van der Waals surface area contributed by atoms with E-state index in [1.165, 1.54) is 0 Å². The summed E-state index contributed by atoms with van der Waals surface area (Å²) in [7, 11) is 3.83. The maximum absolute atomic E-state index is 9.57. The normalized spacial score (nSPS) is 13.5. The molecule has 13 heavy (non-hydrogen) atoms. The van der Waals surface area contributed by atoms with Crippen molar-refractivity contribution in [3.8, 4) is 0 Å². The summed E-state index contributed by atoms with van der Waals surface area (Å²) in [6.45, 7) is 1.11. The van der Waals surface area contributed by atoms with Gasteiger partial charge in [0.2, 0.25) is 0 Å². The summed E-state index contributed by atoms with van der Waals surface area (Å²) in [5, 5.41) is 9.57. The number of aromatic nitrogens is 2. The average molecular weight is 184 g/mol. The highest BCUT2D eigenvalue weighted by atomic mass is 16.3. The molecule has 1 rings (SSSR count). The topological polar surface area (TPSA) is 67.3 Å². The third-order valence-electron chi connectivity index (χ3n) is 1.73. The fourth-order valence-corrected chi connectivity index (χ4v) is 1.20. The number of likely N-dealkylation sites (N-methyl/N-ethyl adjacent to an activating group) is 1. The highest BCUT2D eigenvalue weighted by molar-refractivity contribution is 5.16. The van der Waals surface area contributed by atoms with Gasteiger partial charge in [0.15, 0.2) is 5.95 Å². The quantitative estimate of drug-likeness (QED) is 0.655. The van der Waals surface area contributed by atoms with E-state index >= 15 is 0 Å². The average Bonchev–Trinajstić information content (AvgIpc) is 2.34. The number of aliphatic hydroxyl groups is 1. The third kappa shape index (κ3) is 3.04. The van der Waals surface area contributed by atoms with Crippen LogP contribution in [-0.2, 0) is 6.54 Å². The van der Waals surface area contributed by atoms with E-state index in [4.69, 9.17) is 5.73 Å². The van der Waals surface area contributed by atoms with Crippen LogP contribution in [-0.4, -0.2) is 46.3 Å². The number of nitrogen functional groups attached to an aromatic ring is 1. The zero-order chi connectivity index (χ0) is 9.84. The van der Waals surface area contributed by atoms with Gasteiger partial charge in [-0.3, -0.25) is 0 Å². The van der Waals surface area contributed by atoms with Gasteiger partial charge in [0.1, 0.15) is 0 Å². The Labute approximate surface area is 77.8 Å². The molecule has 5 nitrogen and oxygen atoms in total. The van der Waals surface area contributed by atoms with Crippen LogP contribution in [0.5, 0.6) is 0 Å². The van der Waals surface area contributed by atoms with Gasteiger partial charge in [-0.2, -0.15) is 0 Å². The molecule has 0 aromatic carbocycles. The van der Waals surface area contributed by atoms with Crippen LogP contribution in [0.4, 0.5) is 5.95 Å². The zero-order valence-electron chi connectivity index (χ0n) is 8.01. The van der Waals surface area contributed by atoms with Crippen LogP contribution in [0.15, 0.2) is 12.4 Å². The third-order valence-corrected chi connectivity index (χ3v) is 1.73. The molecule has 0 saturated carbocycles. The van der Waals surface area contributed by atoms with Crippen molar-refractivity contribution >= 4 is 5.95 Å². The van der Waals surface area contributed by atoms with Gasteiger partial charge in [0.25, 0.3) is 0 Å². The van der Waals surface area contributed by atoms with Crippen LogP contribution in [0.25, 0.3) is 0 Å². The predicted octanol–water partition coefficient (Wildman–Crippen LogP) is -0.612. The van der Waals surface area contributed by atoms with Gasteiger partial charge in [0.05, 0.1) is 12.6 Å². The molecule has 0 aliphatic heterocycles. The van der Waals surface area contributed by atoms with E-state index in [2.05, 4.69) is 4.98 Å². The minimum atomic E-state index is -0.411. The van der Waals surface area contributed by atoms with Gasteiger partial charge in [-0.1, -0.05) is 0 Å². The molecular weight excluding hydrogens is 168 g/mol. The molecule has 1 heterocycles. The summed E-state index contributed by atoms with van der Waals surface area (Å²) in [6.07, 6.45) is 2.97. The van der Waals surface area contributed by atoms with Crippen molar-refractivity contribution in [2.75, 3.05) is 26.4 Å². The van der Waals surface area contributed by atoms with Crippen molar-refractivity contribution in [3.05, 3.63) is 12.4 Å². The molecule has 1 atom stereocenters. The first-order chi connectivity index (χ1) is 6.09. The summed E-state index contributed by atoms with van der Waals surface area (Å²) in [5.41, 5.74) is 5.55. The minimum absolute atomic E-state index is 0.411. The van der Waals surface area contributed by atoms with E-state index in [0.29, 0.717) is 19.0 Å². The number of imidazole rings is 1. The highest BCUT2D eigenvalue weighted by Gasteiger charge is 2.07. The first-order valence-corrected chi connectivity index (χ1v) is 4.19. The molecule has 0 fully saturated rings. The van der Waals surface area contributed by atoms with Crippen molar-refractivity contribution in [2.24, 2.45) is 0 Å². The molecule has 0 saturated heterocycles. The lowest BCUT2D eigenvalue weighted by molar-refractivity contribution is 0.120. The standard InChI is InChI=1S/C8H16N4O/c1-11(2)5-7(13)6-12-4-3-10-8(12)9/h3-4,7,13H,5-6H2,1-2H3,(H2,9,10). The van der Waals surface area contributed by atoms with Crippen LogP contribution < -0.4 is 5.73 Å². The second-order valence-electron chi connectivity index (χ2n) is 3.35. The van der Waals surface area contributed by atoms with E-state index in [1.807, 2.05) is 19.0 Å². The van der Waals surface area contributed by atoms with Gasteiger partial charge >= 0.3 is 0 Å². The molecule has 5 heteroatoms. The number of hydrogen-bond donors (Lipinski definition) is 2. The summed E-state index contributed by atoms with van der Waals surface area (Å²) in [4.78, 5) is 5.79. The lowest BCUT2D eigenvalue weighted by atomic mass is 10.3. The highest BCUT2D eigenvalue weighted by Crippen LogP contribution is 2.00. The van der Waals surface area contributed by atoms with Crippen LogP contribution in [0.1, 0.15) is 0 Å². The largest absolute Gasteiger partial charge is 0.390 e. The van der Waals surface area contributed by atoms with E-state index in [-0.39, 0.29) is 0 Å². The van der Waals surface area contributed by atoms with Crippen molar-refractivity contribution in [3.63, 3.8) is 0 Å². The Balaban J connectivity index is 2.45. The summed E-state index contributed by atoms with van der Waals surface area (Å²) >= 11 is 0. The molecule has 1 unspecified atom stereocenters. The maximum atomic E-state index is 9.57. The molecule has 0 radical (unpaired) electrons.